The number of rotatable bonds is 8. The summed E-state index contributed by atoms with van der Waals surface area (Å²) in [5, 5.41) is 13.6. The highest BCUT2D eigenvalue weighted by Gasteiger charge is 2.39. The van der Waals surface area contributed by atoms with Crippen molar-refractivity contribution in [3.8, 4) is 0 Å². The molecule has 0 bridgehead atoms. The number of carbonyl (C=O) groups excluding carboxylic acids is 1. The Hall–Kier alpha value is -3.32. The summed E-state index contributed by atoms with van der Waals surface area (Å²) in [7, 11) is 0. The molecule has 0 saturated carbocycles. The minimum Gasteiger partial charge on any atom is -0.296 e. The molecule has 2 atom stereocenters. The smallest absolute Gasteiger partial charge is 0.239 e. The largest absolute Gasteiger partial charge is 0.296 e. The number of azide groups is 1. The second-order valence-corrected chi connectivity index (χ2v) is 13.3. The third kappa shape index (κ3) is 4.72. The summed E-state index contributed by atoms with van der Waals surface area (Å²) in [5.74, 6) is 0.326. The van der Waals surface area contributed by atoms with Gasteiger partial charge in [-0.25, -0.2) is 4.98 Å². The molecular formula is C26H23N6OPS2. The van der Waals surface area contributed by atoms with Gasteiger partial charge in [0.05, 0.1) is 12.2 Å². The van der Waals surface area contributed by atoms with Gasteiger partial charge in [-0.3, -0.25) is 14.8 Å². The lowest BCUT2D eigenvalue weighted by molar-refractivity contribution is -0.120. The molecule has 180 valence electrons. The molecule has 4 aromatic rings. The molecule has 0 fully saturated rings. The fourth-order valence-corrected chi connectivity index (χ4v) is 8.67. The number of amides is 1. The monoisotopic (exact) mass is 530 g/mol. The van der Waals surface area contributed by atoms with E-state index >= 15 is 0 Å². The molecule has 0 radical (unpaired) electrons. The number of pyridine rings is 1. The number of thiophene rings is 1. The van der Waals surface area contributed by atoms with E-state index < -0.39 is 18.3 Å². The third-order valence-electron chi connectivity index (χ3n) is 6.20. The van der Waals surface area contributed by atoms with Crippen molar-refractivity contribution < 1.29 is 4.79 Å². The SMILES string of the molecule is [N-]=[N+]=NC(C(=O)N1CCc2cccnc21)C(NP(=S)(c1ccccc1)c1ccccc1)c1ccsc1. The summed E-state index contributed by atoms with van der Waals surface area (Å²) >= 11 is 7.92. The molecule has 2 aromatic heterocycles. The minimum atomic E-state index is -2.62. The standard InChI is InChI=1S/C26H23N6OPS2/c27-31-29-24(26(33)32-16-13-19-8-7-15-28-25(19)32)23(20-14-17-36-18-20)30-34(35,21-9-3-1-4-10-21)22-11-5-2-6-12-22/h1-12,14-15,17-18,23-24H,13,16H2,(H,30,35). The fourth-order valence-electron chi connectivity index (χ4n) is 4.44. The number of hydrogen-bond acceptors (Lipinski definition) is 5. The quantitative estimate of drug-likeness (QED) is 0.149. The lowest BCUT2D eigenvalue weighted by Gasteiger charge is -2.33. The Balaban J connectivity index is 1.60. The van der Waals surface area contributed by atoms with Crippen LogP contribution in [0.5, 0.6) is 0 Å². The average Bonchev–Trinajstić information content (AvgIpc) is 3.62. The van der Waals surface area contributed by atoms with Gasteiger partial charge in [0.1, 0.15) is 11.9 Å². The lowest BCUT2D eigenvalue weighted by Crippen LogP contribution is -2.45. The molecule has 0 aliphatic carbocycles. The van der Waals surface area contributed by atoms with Crippen LogP contribution in [-0.2, 0) is 23.0 Å². The third-order valence-corrected chi connectivity index (χ3v) is 11.2. The van der Waals surface area contributed by atoms with E-state index in [0.29, 0.717) is 18.8 Å². The van der Waals surface area contributed by atoms with Gasteiger partial charge in [0, 0.05) is 28.3 Å². The maximum atomic E-state index is 14.0. The molecule has 3 heterocycles. The Morgan fingerprint density at radius 3 is 2.39 bits per heavy atom. The number of fused-ring (bicyclic) bond motifs is 1. The Morgan fingerprint density at radius 2 is 1.78 bits per heavy atom. The molecular weight excluding hydrogens is 507 g/mol. The predicted molar refractivity (Wildman–Crippen MR) is 150 cm³/mol. The minimum absolute atomic E-state index is 0.295. The van der Waals surface area contributed by atoms with Crippen LogP contribution in [0.2, 0.25) is 0 Å². The summed E-state index contributed by atoms with van der Waals surface area (Å²) in [5.41, 5.74) is 11.4. The Labute approximate surface area is 218 Å². The van der Waals surface area contributed by atoms with Gasteiger partial charge in [-0.05, 0) is 46.0 Å². The molecule has 0 spiro atoms. The maximum Gasteiger partial charge on any atom is 0.239 e. The predicted octanol–water partition coefficient (Wildman–Crippen LogP) is 5.09. The van der Waals surface area contributed by atoms with Gasteiger partial charge in [0.2, 0.25) is 5.91 Å². The first kappa shape index (κ1) is 24.4. The molecule has 1 aliphatic heterocycles. The molecule has 1 N–H and O–H groups in total. The van der Waals surface area contributed by atoms with Crippen LogP contribution >= 0.6 is 17.5 Å². The first-order valence-corrected chi connectivity index (χ1v) is 15.2. The van der Waals surface area contributed by atoms with Crippen molar-refractivity contribution in [3.63, 3.8) is 0 Å². The molecule has 2 aromatic carbocycles. The summed E-state index contributed by atoms with van der Waals surface area (Å²) in [6, 6.07) is 23.9. The van der Waals surface area contributed by atoms with E-state index in [9.17, 15) is 10.3 Å². The van der Waals surface area contributed by atoms with Gasteiger partial charge in [-0.2, -0.15) is 11.3 Å². The average molecular weight is 531 g/mol. The lowest BCUT2D eigenvalue weighted by atomic mass is 10.0. The van der Waals surface area contributed by atoms with E-state index in [-0.39, 0.29) is 5.91 Å². The van der Waals surface area contributed by atoms with Crippen molar-refractivity contribution >= 4 is 51.7 Å². The van der Waals surface area contributed by atoms with Crippen molar-refractivity contribution in [2.75, 3.05) is 11.4 Å². The number of nitrogens with one attached hydrogen (secondary N) is 1. The molecule has 5 rings (SSSR count). The topological polar surface area (TPSA) is 94.0 Å². The Kier molecular flexibility index (Phi) is 7.28. The highest BCUT2D eigenvalue weighted by molar-refractivity contribution is 8.20. The number of benzene rings is 2. The number of nitrogens with zero attached hydrogens (tertiary/aromatic N) is 5. The van der Waals surface area contributed by atoms with Crippen molar-refractivity contribution in [2.24, 2.45) is 5.11 Å². The van der Waals surface area contributed by atoms with Crippen LogP contribution in [0, 0.1) is 0 Å². The number of carbonyl (C=O) groups is 1. The summed E-state index contributed by atoms with van der Waals surface area (Å²) < 4.78 is 0. The van der Waals surface area contributed by atoms with Crippen LogP contribution in [0.4, 0.5) is 5.82 Å². The summed E-state index contributed by atoms with van der Waals surface area (Å²) in [6.45, 7) is 0.491. The Bertz CT molecular complexity index is 1400. The maximum absolute atomic E-state index is 14.0. The van der Waals surface area contributed by atoms with Gasteiger partial charge in [-0.1, -0.05) is 83.7 Å². The van der Waals surface area contributed by atoms with E-state index in [1.807, 2.05) is 89.6 Å². The molecule has 36 heavy (non-hydrogen) atoms. The van der Waals surface area contributed by atoms with Crippen molar-refractivity contribution in [1.29, 1.82) is 0 Å². The number of hydrogen-bond donors (Lipinski definition) is 1. The van der Waals surface area contributed by atoms with Gasteiger partial charge < -0.3 is 0 Å². The molecule has 1 amide bonds. The van der Waals surface area contributed by atoms with Gasteiger partial charge in [0.15, 0.2) is 0 Å². The van der Waals surface area contributed by atoms with Crippen LogP contribution < -0.4 is 20.6 Å². The van der Waals surface area contributed by atoms with Gasteiger partial charge >= 0.3 is 0 Å². The molecule has 1 aliphatic rings. The van der Waals surface area contributed by atoms with Crippen LogP contribution in [0.15, 0.2) is 101 Å². The van der Waals surface area contributed by atoms with E-state index in [2.05, 4.69) is 20.1 Å². The van der Waals surface area contributed by atoms with Crippen molar-refractivity contribution in [3.05, 3.63) is 117 Å². The number of anilines is 1. The normalized spacial score (nSPS) is 14.5. The first-order valence-electron chi connectivity index (χ1n) is 11.4. The Morgan fingerprint density at radius 1 is 1.08 bits per heavy atom. The second-order valence-electron chi connectivity index (χ2n) is 8.32. The van der Waals surface area contributed by atoms with Crippen molar-refractivity contribution in [1.82, 2.24) is 10.1 Å². The second kappa shape index (κ2) is 10.7. The van der Waals surface area contributed by atoms with E-state index in [1.165, 1.54) is 11.3 Å². The summed E-state index contributed by atoms with van der Waals surface area (Å²) in [4.78, 5) is 23.1. The van der Waals surface area contributed by atoms with E-state index in [0.717, 1.165) is 21.7 Å². The van der Waals surface area contributed by atoms with Crippen LogP contribution in [0.1, 0.15) is 17.2 Å². The van der Waals surface area contributed by atoms with E-state index in [1.54, 1.807) is 11.1 Å². The first-order chi connectivity index (χ1) is 17.6. The van der Waals surface area contributed by atoms with Crippen LogP contribution in [0.25, 0.3) is 10.4 Å². The van der Waals surface area contributed by atoms with Gasteiger partial charge in [-0.15, -0.1) is 0 Å². The zero-order valence-corrected chi connectivity index (χ0v) is 21.7. The van der Waals surface area contributed by atoms with Crippen LogP contribution in [-0.4, -0.2) is 23.5 Å². The fraction of sp³-hybridized carbons (Fsp3) is 0.154. The van der Waals surface area contributed by atoms with E-state index in [4.69, 9.17) is 11.8 Å². The molecule has 0 saturated heterocycles. The van der Waals surface area contributed by atoms with Crippen molar-refractivity contribution in [2.45, 2.75) is 18.5 Å². The molecule has 2 unspecified atom stereocenters. The highest BCUT2D eigenvalue weighted by atomic mass is 32.4. The molecule has 10 heteroatoms. The number of aromatic nitrogens is 1. The van der Waals surface area contributed by atoms with Gasteiger partial charge in [0.25, 0.3) is 0 Å². The zero-order valence-electron chi connectivity index (χ0n) is 19.2. The zero-order chi connectivity index (χ0) is 25.0. The van der Waals surface area contributed by atoms with Crippen LogP contribution in [0.3, 0.4) is 0 Å². The summed E-state index contributed by atoms with van der Waals surface area (Å²) in [6.07, 6.45) is -0.236. The highest BCUT2D eigenvalue weighted by Crippen LogP contribution is 2.44. The molecule has 7 nitrogen and oxygen atoms in total.